The average molecular weight is 205 g/mol. The van der Waals surface area contributed by atoms with E-state index in [1.807, 2.05) is 13.8 Å². The van der Waals surface area contributed by atoms with Crippen LogP contribution in [0, 0.1) is 0 Å². The lowest BCUT2D eigenvalue weighted by atomic mass is 10.1. The van der Waals surface area contributed by atoms with Crippen LogP contribution in [0.25, 0.3) is 5.65 Å². The van der Waals surface area contributed by atoms with Gasteiger partial charge in [-0.05, 0) is 12.0 Å². The van der Waals surface area contributed by atoms with Crippen LogP contribution in [0.15, 0.2) is 18.3 Å². The van der Waals surface area contributed by atoms with Gasteiger partial charge in [0.05, 0.1) is 6.20 Å². The Morgan fingerprint density at radius 3 is 2.87 bits per heavy atom. The van der Waals surface area contributed by atoms with Crippen molar-refractivity contribution in [2.75, 3.05) is 0 Å². The van der Waals surface area contributed by atoms with Crippen molar-refractivity contribution < 1.29 is 9.90 Å². The Hall–Kier alpha value is -1.91. The number of aromatic carboxylic acids is 1. The maximum absolute atomic E-state index is 11.0. The molecule has 1 N–H and O–H groups in total. The lowest BCUT2D eigenvalue weighted by Crippen LogP contribution is -2.09. The summed E-state index contributed by atoms with van der Waals surface area (Å²) in [5.74, 6) is -0.795. The number of rotatable bonds is 2. The van der Waals surface area contributed by atoms with Crippen molar-refractivity contribution in [1.29, 1.82) is 0 Å². The van der Waals surface area contributed by atoms with Gasteiger partial charge in [-0.2, -0.15) is 5.10 Å². The first-order chi connectivity index (χ1) is 7.09. The van der Waals surface area contributed by atoms with Gasteiger partial charge in [0.25, 0.3) is 0 Å². The van der Waals surface area contributed by atoms with Gasteiger partial charge >= 0.3 is 5.97 Å². The van der Waals surface area contributed by atoms with E-state index in [9.17, 15) is 4.79 Å². The third-order valence-electron chi connectivity index (χ3n) is 2.19. The predicted octanol–water partition coefficient (Wildman–Crippen LogP) is 1.55. The fraction of sp³-hybridized carbons (Fsp3) is 0.300. The molecular formula is C10H11N3O2. The lowest BCUT2D eigenvalue weighted by molar-refractivity contribution is 0.0687. The molecule has 0 radical (unpaired) electrons. The largest absolute Gasteiger partial charge is 0.477 e. The van der Waals surface area contributed by atoms with Crippen LogP contribution in [-0.4, -0.2) is 25.7 Å². The zero-order valence-electron chi connectivity index (χ0n) is 8.51. The number of fused-ring (bicyclic) bond motifs is 1. The Balaban J connectivity index is 2.74. The van der Waals surface area contributed by atoms with E-state index in [4.69, 9.17) is 5.11 Å². The monoisotopic (exact) mass is 205 g/mol. The number of aromatic nitrogens is 3. The number of carboxylic acids is 1. The summed E-state index contributed by atoms with van der Waals surface area (Å²) in [6.45, 7) is 3.95. The summed E-state index contributed by atoms with van der Waals surface area (Å²) in [6, 6.07) is 3.26. The van der Waals surface area contributed by atoms with Gasteiger partial charge in [-0.1, -0.05) is 13.8 Å². The maximum atomic E-state index is 11.0. The van der Waals surface area contributed by atoms with E-state index in [1.165, 1.54) is 4.52 Å². The van der Waals surface area contributed by atoms with Crippen LogP contribution in [0.2, 0.25) is 0 Å². The van der Waals surface area contributed by atoms with Gasteiger partial charge < -0.3 is 5.11 Å². The van der Waals surface area contributed by atoms with E-state index in [2.05, 4.69) is 10.1 Å². The van der Waals surface area contributed by atoms with Crippen LogP contribution in [0.5, 0.6) is 0 Å². The maximum Gasteiger partial charge on any atom is 0.354 e. The second-order valence-electron chi connectivity index (χ2n) is 3.63. The first-order valence-corrected chi connectivity index (χ1v) is 4.67. The number of hydrogen-bond acceptors (Lipinski definition) is 3. The number of hydrogen-bond donors (Lipinski definition) is 1. The zero-order valence-corrected chi connectivity index (χ0v) is 8.51. The molecule has 2 heterocycles. The third-order valence-corrected chi connectivity index (χ3v) is 2.19. The molecule has 15 heavy (non-hydrogen) atoms. The van der Waals surface area contributed by atoms with E-state index in [-0.39, 0.29) is 11.6 Å². The summed E-state index contributed by atoms with van der Waals surface area (Å²) in [7, 11) is 0. The van der Waals surface area contributed by atoms with E-state index in [1.54, 1.807) is 18.3 Å². The van der Waals surface area contributed by atoms with Crippen LogP contribution in [0.4, 0.5) is 0 Å². The SMILES string of the molecule is CC(C)c1cc(C(=O)O)n2nccc2n1. The molecule has 0 saturated heterocycles. The summed E-state index contributed by atoms with van der Waals surface area (Å²) in [5.41, 5.74) is 1.48. The number of carboxylic acid groups (broad SMARTS) is 1. The van der Waals surface area contributed by atoms with Crippen molar-refractivity contribution in [3.63, 3.8) is 0 Å². The van der Waals surface area contributed by atoms with E-state index in [0.29, 0.717) is 5.65 Å². The average Bonchev–Trinajstić information content (AvgIpc) is 2.62. The molecule has 0 spiro atoms. The van der Waals surface area contributed by atoms with Crippen molar-refractivity contribution in [1.82, 2.24) is 14.6 Å². The first-order valence-electron chi connectivity index (χ1n) is 4.67. The molecule has 2 aromatic heterocycles. The van der Waals surface area contributed by atoms with E-state index in [0.717, 1.165) is 5.69 Å². The predicted molar refractivity (Wildman–Crippen MR) is 54.0 cm³/mol. The highest BCUT2D eigenvalue weighted by Gasteiger charge is 2.13. The lowest BCUT2D eigenvalue weighted by Gasteiger charge is -2.06. The standard InChI is InChI=1S/C10H11N3O2/c1-6(2)7-5-8(10(14)15)13-9(12-7)3-4-11-13/h3-6H,1-2H3,(H,14,15). The molecule has 0 fully saturated rings. The first kappa shape index (κ1) is 9.64. The molecule has 0 saturated carbocycles. The minimum absolute atomic E-state index is 0.147. The second-order valence-corrected chi connectivity index (χ2v) is 3.63. The highest BCUT2D eigenvalue weighted by atomic mass is 16.4. The van der Waals surface area contributed by atoms with Crippen molar-refractivity contribution >= 4 is 11.6 Å². The quantitative estimate of drug-likeness (QED) is 0.807. The highest BCUT2D eigenvalue weighted by Crippen LogP contribution is 2.15. The normalized spacial score (nSPS) is 11.1. The molecular weight excluding hydrogens is 194 g/mol. The molecule has 0 aliphatic heterocycles. The van der Waals surface area contributed by atoms with Gasteiger partial charge in [-0.15, -0.1) is 0 Å². The molecule has 0 aliphatic rings. The number of carbonyl (C=O) groups is 1. The summed E-state index contributed by atoms with van der Waals surface area (Å²) in [4.78, 5) is 15.3. The molecule has 5 heteroatoms. The van der Waals surface area contributed by atoms with Crippen LogP contribution < -0.4 is 0 Å². The summed E-state index contributed by atoms with van der Waals surface area (Å²) in [5, 5.41) is 12.9. The minimum Gasteiger partial charge on any atom is -0.477 e. The smallest absolute Gasteiger partial charge is 0.354 e. The molecule has 2 rings (SSSR count). The Bertz CT molecular complexity index is 516. The van der Waals surface area contributed by atoms with Crippen LogP contribution in [0.1, 0.15) is 35.9 Å². The highest BCUT2D eigenvalue weighted by molar-refractivity contribution is 5.86. The molecule has 5 nitrogen and oxygen atoms in total. The van der Waals surface area contributed by atoms with Crippen molar-refractivity contribution in [2.24, 2.45) is 0 Å². The summed E-state index contributed by atoms with van der Waals surface area (Å²) >= 11 is 0. The van der Waals surface area contributed by atoms with Crippen LogP contribution in [0.3, 0.4) is 0 Å². The summed E-state index contributed by atoms with van der Waals surface area (Å²) in [6.07, 6.45) is 1.54. The molecule has 0 amide bonds. The third kappa shape index (κ3) is 1.56. The fourth-order valence-corrected chi connectivity index (χ4v) is 1.38. The van der Waals surface area contributed by atoms with Crippen molar-refractivity contribution in [2.45, 2.75) is 19.8 Å². The van der Waals surface area contributed by atoms with Gasteiger partial charge in [0, 0.05) is 11.8 Å². The van der Waals surface area contributed by atoms with Crippen LogP contribution in [-0.2, 0) is 0 Å². The number of nitrogens with zero attached hydrogens (tertiary/aromatic N) is 3. The van der Waals surface area contributed by atoms with Gasteiger partial charge in [0.1, 0.15) is 0 Å². The molecule has 0 unspecified atom stereocenters. The van der Waals surface area contributed by atoms with Crippen LogP contribution >= 0.6 is 0 Å². The minimum atomic E-state index is -0.993. The molecule has 0 atom stereocenters. The molecule has 78 valence electrons. The Morgan fingerprint density at radius 2 is 2.27 bits per heavy atom. The molecule has 0 aliphatic carbocycles. The molecule has 0 bridgehead atoms. The van der Waals surface area contributed by atoms with Gasteiger partial charge in [-0.25, -0.2) is 14.3 Å². The second kappa shape index (κ2) is 3.34. The van der Waals surface area contributed by atoms with Crippen molar-refractivity contribution in [3.05, 3.63) is 29.7 Å². The Labute approximate surface area is 86.4 Å². The Kier molecular flexibility index (Phi) is 2.15. The van der Waals surface area contributed by atoms with Gasteiger partial charge in [0.15, 0.2) is 11.3 Å². The van der Waals surface area contributed by atoms with E-state index >= 15 is 0 Å². The van der Waals surface area contributed by atoms with Gasteiger partial charge in [0.2, 0.25) is 0 Å². The fourth-order valence-electron chi connectivity index (χ4n) is 1.38. The zero-order chi connectivity index (χ0) is 11.0. The summed E-state index contributed by atoms with van der Waals surface area (Å²) < 4.78 is 1.33. The topological polar surface area (TPSA) is 67.5 Å². The van der Waals surface area contributed by atoms with Gasteiger partial charge in [-0.3, -0.25) is 0 Å². The Morgan fingerprint density at radius 1 is 1.53 bits per heavy atom. The molecule has 2 aromatic rings. The van der Waals surface area contributed by atoms with E-state index < -0.39 is 5.97 Å². The molecule has 0 aromatic carbocycles. The van der Waals surface area contributed by atoms with Crippen molar-refractivity contribution in [3.8, 4) is 0 Å².